The van der Waals surface area contributed by atoms with Gasteiger partial charge in [0.15, 0.2) is 0 Å². The van der Waals surface area contributed by atoms with Gasteiger partial charge in [-0.3, -0.25) is 0 Å². The maximum atomic E-state index is 13.3. The molecule has 2 bridgehead atoms. The second kappa shape index (κ2) is 9.16. The van der Waals surface area contributed by atoms with E-state index in [2.05, 4.69) is 7.05 Å². The van der Waals surface area contributed by atoms with Gasteiger partial charge in [0.25, 0.3) is 0 Å². The van der Waals surface area contributed by atoms with Gasteiger partial charge in [-0.25, -0.2) is 9.18 Å². The number of ether oxygens (including phenoxy) is 1. The summed E-state index contributed by atoms with van der Waals surface area (Å²) >= 11 is 0. The molecule has 30 heavy (non-hydrogen) atoms. The Balaban J connectivity index is 0.00000256. The van der Waals surface area contributed by atoms with Crippen molar-refractivity contribution in [2.75, 3.05) is 20.3 Å². The Hall–Kier alpha value is -1.76. The van der Waals surface area contributed by atoms with Gasteiger partial charge < -0.3 is 31.3 Å². The van der Waals surface area contributed by atoms with Gasteiger partial charge in [-0.05, 0) is 11.1 Å². The number of carbonyl (C=O) groups is 1. The van der Waals surface area contributed by atoms with Crippen LogP contribution in [0.4, 0.5) is 4.39 Å². The minimum absolute atomic E-state index is 0. The summed E-state index contributed by atoms with van der Waals surface area (Å²) in [4.78, 5) is 13.3. The molecule has 4 rings (SSSR count). The van der Waals surface area contributed by atoms with Crippen molar-refractivity contribution < 1.29 is 40.5 Å². The minimum Gasteiger partial charge on any atom is -1.00 e. The number of halogens is 2. The Morgan fingerprint density at radius 1 is 1.03 bits per heavy atom. The Morgan fingerprint density at radius 3 is 1.93 bits per heavy atom. The number of aliphatic hydroxyl groups is 1. The van der Waals surface area contributed by atoms with Crippen LogP contribution >= 0.6 is 0 Å². The standard InChI is InChI=1S/C24H29FNO3.BrH/c1-26(15-14-25)20-12-13-21(26)17-22(16-20)29-23(27)24(28,18-8-4-2-5-9-18)19-10-6-3-7-11-19;/h2-11,20-22,28H,12-17H2,1H3;1H/q+1;/p-1/t20-,21-,22?,26?;/m1./s1. The molecule has 0 spiro atoms. The summed E-state index contributed by atoms with van der Waals surface area (Å²) in [5.41, 5.74) is -0.864. The van der Waals surface area contributed by atoms with Crippen LogP contribution in [-0.2, 0) is 15.1 Å². The molecule has 1 N–H and O–H groups in total. The summed E-state index contributed by atoms with van der Waals surface area (Å²) in [6.45, 7) is 0.198. The zero-order valence-electron chi connectivity index (χ0n) is 17.2. The van der Waals surface area contributed by atoms with Crippen molar-refractivity contribution in [2.45, 2.75) is 49.5 Å². The van der Waals surface area contributed by atoms with Crippen LogP contribution in [-0.4, -0.2) is 54.0 Å². The number of nitrogens with zero attached hydrogens (tertiary/aromatic N) is 1. The number of hydrogen-bond acceptors (Lipinski definition) is 3. The van der Waals surface area contributed by atoms with Gasteiger partial charge in [-0.15, -0.1) is 0 Å². The minimum atomic E-state index is -1.85. The Labute approximate surface area is 188 Å². The molecule has 2 aliphatic heterocycles. The van der Waals surface area contributed by atoms with Crippen LogP contribution in [0.15, 0.2) is 60.7 Å². The first-order valence-corrected chi connectivity index (χ1v) is 10.4. The highest BCUT2D eigenvalue weighted by molar-refractivity contribution is 5.85. The molecule has 2 aromatic rings. The normalized spacial score (nSPS) is 27.9. The Morgan fingerprint density at radius 2 is 1.50 bits per heavy atom. The molecule has 0 aliphatic carbocycles. The molecule has 162 valence electrons. The predicted molar refractivity (Wildman–Crippen MR) is 109 cm³/mol. The molecule has 2 saturated heterocycles. The quantitative estimate of drug-likeness (QED) is 0.488. The molecule has 6 heteroatoms. The maximum absolute atomic E-state index is 13.3. The van der Waals surface area contributed by atoms with E-state index in [1.807, 2.05) is 12.1 Å². The van der Waals surface area contributed by atoms with E-state index in [0.29, 0.717) is 29.8 Å². The largest absolute Gasteiger partial charge is 1.00 e. The molecule has 2 atom stereocenters. The fourth-order valence-electron chi connectivity index (χ4n) is 5.33. The first-order chi connectivity index (χ1) is 14.0. The third-order valence-corrected chi connectivity index (χ3v) is 7.09. The molecule has 0 aromatic heterocycles. The van der Waals surface area contributed by atoms with E-state index in [4.69, 9.17) is 4.74 Å². The molecule has 0 unspecified atom stereocenters. The monoisotopic (exact) mass is 477 g/mol. The van der Waals surface area contributed by atoms with E-state index in [9.17, 15) is 14.3 Å². The van der Waals surface area contributed by atoms with Crippen molar-refractivity contribution >= 4 is 5.97 Å². The van der Waals surface area contributed by atoms with Gasteiger partial charge in [-0.1, -0.05) is 60.7 Å². The molecule has 0 saturated carbocycles. The predicted octanol–water partition coefficient (Wildman–Crippen LogP) is 0.579. The van der Waals surface area contributed by atoms with Crippen molar-refractivity contribution in [3.8, 4) is 0 Å². The van der Waals surface area contributed by atoms with Gasteiger partial charge in [0.1, 0.15) is 19.3 Å². The van der Waals surface area contributed by atoms with Crippen LogP contribution in [0.1, 0.15) is 36.8 Å². The van der Waals surface area contributed by atoms with E-state index in [1.165, 1.54) is 0 Å². The zero-order valence-corrected chi connectivity index (χ0v) is 18.8. The highest BCUT2D eigenvalue weighted by Gasteiger charge is 2.53. The van der Waals surface area contributed by atoms with Gasteiger partial charge in [0, 0.05) is 25.7 Å². The number of piperidine rings is 1. The fraction of sp³-hybridized carbons (Fsp3) is 0.458. The molecule has 0 radical (unpaired) electrons. The van der Waals surface area contributed by atoms with Crippen LogP contribution in [0.25, 0.3) is 0 Å². The van der Waals surface area contributed by atoms with E-state index in [1.54, 1.807) is 48.5 Å². The highest BCUT2D eigenvalue weighted by atomic mass is 79.9. The molecule has 4 nitrogen and oxygen atoms in total. The van der Waals surface area contributed by atoms with Crippen LogP contribution in [0.5, 0.6) is 0 Å². The number of hydrogen-bond donors (Lipinski definition) is 1. The van der Waals surface area contributed by atoms with Crippen LogP contribution < -0.4 is 17.0 Å². The lowest BCUT2D eigenvalue weighted by molar-refractivity contribution is -0.949. The summed E-state index contributed by atoms with van der Waals surface area (Å²) in [5.74, 6) is -0.638. The van der Waals surface area contributed by atoms with E-state index in [-0.39, 0.29) is 29.8 Å². The lowest BCUT2D eigenvalue weighted by Gasteiger charge is -2.46. The topological polar surface area (TPSA) is 46.5 Å². The smallest absolute Gasteiger partial charge is 0.347 e. The van der Waals surface area contributed by atoms with Crippen LogP contribution in [0, 0.1) is 0 Å². The fourth-order valence-corrected chi connectivity index (χ4v) is 5.33. The van der Waals surface area contributed by atoms with E-state index >= 15 is 0 Å². The zero-order chi connectivity index (χ0) is 20.5. The Kier molecular flexibility index (Phi) is 7.00. The summed E-state index contributed by atoms with van der Waals surface area (Å²) in [6.07, 6.45) is 3.27. The van der Waals surface area contributed by atoms with Gasteiger partial charge in [-0.2, -0.15) is 0 Å². The SMILES string of the molecule is C[N+]1(CCF)[C@@H]2CC[C@@H]1CC(OC(=O)C(O)(c1ccccc1)c1ccccc1)C2.[Br-]. The number of alkyl halides is 1. The lowest BCUT2D eigenvalue weighted by Crippen LogP contribution is -3.00. The molecule has 2 heterocycles. The summed E-state index contributed by atoms with van der Waals surface area (Å²) in [5, 5.41) is 11.6. The second-order valence-corrected chi connectivity index (χ2v) is 8.59. The second-order valence-electron chi connectivity index (χ2n) is 8.59. The van der Waals surface area contributed by atoms with Gasteiger partial charge in [0.2, 0.25) is 5.60 Å². The first-order valence-electron chi connectivity index (χ1n) is 10.4. The average Bonchev–Trinajstić information content (AvgIpc) is 2.91. The van der Waals surface area contributed by atoms with E-state index < -0.39 is 11.6 Å². The van der Waals surface area contributed by atoms with Crippen molar-refractivity contribution in [2.24, 2.45) is 0 Å². The number of fused-ring (bicyclic) bond motifs is 2. The number of esters is 1. The summed E-state index contributed by atoms with van der Waals surface area (Å²) < 4.78 is 19.8. The highest BCUT2D eigenvalue weighted by Crippen LogP contribution is 2.43. The third kappa shape index (κ3) is 3.93. The summed E-state index contributed by atoms with van der Waals surface area (Å²) in [6, 6.07) is 18.5. The van der Waals surface area contributed by atoms with E-state index in [0.717, 1.165) is 30.2 Å². The lowest BCUT2D eigenvalue weighted by atomic mass is 9.86. The summed E-state index contributed by atoms with van der Waals surface area (Å²) in [7, 11) is 2.13. The van der Waals surface area contributed by atoms with Crippen LogP contribution in [0.2, 0.25) is 0 Å². The molecule has 2 aliphatic rings. The third-order valence-electron chi connectivity index (χ3n) is 7.09. The molecule has 2 fully saturated rings. The maximum Gasteiger partial charge on any atom is 0.347 e. The molecular formula is C24H29BrFNO3. The molecular weight excluding hydrogens is 449 g/mol. The number of rotatable bonds is 6. The van der Waals surface area contributed by atoms with Gasteiger partial charge in [0.05, 0.1) is 19.1 Å². The van der Waals surface area contributed by atoms with Crippen LogP contribution in [0.3, 0.4) is 0 Å². The van der Waals surface area contributed by atoms with Crippen molar-refractivity contribution in [3.05, 3.63) is 71.8 Å². The molecule has 0 amide bonds. The number of carbonyl (C=O) groups excluding carboxylic acids is 1. The van der Waals surface area contributed by atoms with Crippen molar-refractivity contribution in [1.82, 2.24) is 0 Å². The number of benzene rings is 2. The van der Waals surface area contributed by atoms with Gasteiger partial charge >= 0.3 is 5.97 Å². The van der Waals surface area contributed by atoms with Crippen molar-refractivity contribution in [1.29, 1.82) is 0 Å². The molecule has 2 aromatic carbocycles. The van der Waals surface area contributed by atoms with Crippen molar-refractivity contribution in [3.63, 3.8) is 0 Å². The number of quaternary nitrogens is 1. The first kappa shape index (κ1) is 22.9. The average molecular weight is 478 g/mol. The Bertz CT molecular complexity index is 795.